The van der Waals surface area contributed by atoms with Crippen molar-refractivity contribution in [1.29, 1.82) is 0 Å². The van der Waals surface area contributed by atoms with E-state index in [1.807, 2.05) is 30.3 Å². The second-order valence-electron chi connectivity index (χ2n) is 5.27. The molecular weight excluding hydrogens is 264 g/mol. The van der Waals surface area contributed by atoms with E-state index in [1.165, 1.54) is 5.56 Å². The molecule has 108 valence electrons. The summed E-state index contributed by atoms with van der Waals surface area (Å²) < 4.78 is 0. The fourth-order valence-electron chi connectivity index (χ4n) is 2.93. The third-order valence-electron chi connectivity index (χ3n) is 3.98. The fourth-order valence-corrected chi connectivity index (χ4v) is 2.93. The molecule has 1 atom stereocenters. The van der Waals surface area contributed by atoms with Gasteiger partial charge in [-0.25, -0.2) is 0 Å². The number of pyridine rings is 1. The molecule has 0 aliphatic carbocycles. The first kappa shape index (κ1) is 13.8. The van der Waals surface area contributed by atoms with E-state index in [9.17, 15) is 9.90 Å². The van der Waals surface area contributed by atoms with Gasteiger partial charge in [0.15, 0.2) is 0 Å². The zero-order chi connectivity index (χ0) is 14.7. The minimum absolute atomic E-state index is 0.0385. The summed E-state index contributed by atoms with van der Waals surface area (Å²) in [7, 11) is 0. The Morgan fingerprint density at radius 1 is 1.29 bits per heavy atom. The molecule has 1 aliphatic rings. The molecule has 1 N–H and O–H groups in total. The second kappa shape index (κ2) is 6.06. The zero-order valence-electron chi connectivity index (χ0n) is 11.8. The number of fused-ring (bicyclic) bond motifs is 1. The van der Waals surface area contributed by atoms with E-state index < -0.39 is 0 Å². The second-order valence-corrected chi connectivity index (χ2v) is 5.27. The Bertz CT molecular complexity index is 628. The van der Waals surface area contributed by atoms with Gasteiger partial charge < -0.3 is 10.0 Å². The first-order valence-electron chi connectivity index (χ1n) is 7.16. The maximum Gasteiger partial charge on any atom is 0.227 e. The number of nitrogens with zero attached hydrogens (tertiary/aromatic N) is 2. The van der Waals surface area contributed by atoms with Gasteiger partial charge in [0.2, 0.25) is 5.91 Å². The summed E-state index contributed by atoms with van der Waals surface area (Å²) >= 11 is 0. The van der Waals surface area contributed by atoms with Crippen LogP contribution in [-0.2, 0) is 17.6 Å². The van der Waals surface area contributed by atoms with Gasteiger partial charge in [-0.05, 0) is 29.2 Å². The summed E-state index contributed by atoms with van der Waals surface area (Å²) in [5.41, 5.74) is 3.19. The molecule has 4 nitrogen and oxygen atoms in total. The van der Waals surface area contributed by atoms with Crippen LogP contribution in [0.1, 0.15) is 22.7 Å². The van der Waals surface area contributed by atoms with Crippen LogP contribution in [0.3, 0.4) is 0 Å². The summed E-state index contributed by atoms with van der Waals surface area (Å²) in [6.45, 7) is 0.608. The molecule has 0 bridgehead atoms. The van der Waals surface area contributed by atoms with Crippen LogP contribution in [0.25, 0.3) is 0 Å². The molecular formula is C17H18N2O2. The minimum Gasteiger partial charge on any atom is -0.394 e. The van der Waals surface area contributed by atoms with Crippen LogP contribution in [0, 0.1) is 0 Å². The molecule has 2 aromatic rings. The Morgan fingerprint density at radius 3 is 2.90 bits per heavy atom. The largest absolute Gasteiger partial charge is 0.394 e. The van der Waals surface area contributed by atoms with Crippen LogP contribution in [0.4, 0.5) is 0 Å². The van der Waals surface area contributed by atoms with Gasteiger partial charge in [0.1, 0.15) is 0 Å². The average molecular weight is 282 g/mol. The number of aromatic nitrogens is 1. The zero-order valence-corrected chi connectivity index (χ0v) is 11.8. The lowest BCUT2D eigenvalue weighted by Gasteiger charge is -2.36. The topological polar surface area (TPSA) is 53.4 Å². The molecule has 21 heavy (non-hydrogen) atoms. The van der Waals surface area contributed by atoms with Gasteiger partial charge >= 0.3 is 0 Å². The molecule has 0 spiro atoms. The molecule has 0 unspecified atom stereocenters. The Kier molecular flexibility index (Phi) is 3.97. The number of aliphatic hydroxyl groups is 1. The first-order valence-corrected chi connectivity index (χ1v) is 7.16. The summed E-state index contributed by atoms with van der Waals surface area (Å²) in [6.07, 6.45) is 4.57. The van der Waals surface area contributed by atoms with Crippen molar-refractivity contribution in [3.8, 4) is 0 Å². The first-order chi connectivity index (χ1) is 10.3. The molecule has 1 aromatic carbocycles. The highest BCUT2D eigenvalue weighted by Gasteiger charge is 2.29. The Morgan fingerprint density at radius 2 is 2.14 bits per heavy atom. The number of hydrogen-bond donors (Lipinski definition) is 1. The van der Waals surface area contributed by atoms with Crippen molar-refractivity contribution in [3.05, 3.63) is 65.5 Å². The lowest BCUT2D eigenvalue weighted by molar-refractivity contribution is -0.134. The third-order valence-corrected chi connectivity index (χ3v) is 3.98. The smallest absolute Gasteiger partial charge is 0.227 e. The molecule has 1 aromatic heterocycles. The van der Waals surface area contributed by atoms with Crippen LogP contribution >= 0.6 is 0 Å². The lowest BCUT2D eigenvalue weighted by Crippen LogP contribution is -2.42. The van der Waals surface area contributed by atoms with Crippen molar-refractivity contribution in [2.75, 3.05) is 13.2 Å². The molecule has 1 amide bonds. The number of amides is 1. The SMILES string of the molecule is O=C(Cc1cccnc1)N1CCc2ccccc2[C@@H]1CO. The van der Waals surface area contributed by atoms with Crippen molar-refractivity contribution in [2.45, 2.75) is 18.9 Å². The molecule has 0 saturated heterocycles. The summed E-state index contributed by atoms with van der Waals surface area (Å²) in [6, 6.07) is 11.5. The Balaban J connectivity index is 1.81. The number of hydrogen-bond acceptors (Lipinski definition) is 3. The van der Waals surface area contributed by atoms with Crippen LogP contribution in [-0.4, -0.2) is 34.0 Å². The van der Waals surface area contributed by atoms with Crippen molar-refractivity contribution in [1.82, 2.24) is 9.88 Å². The summed E-state index contributed by atoms with van der Waals surface area (Å²) in [5.74, 6) is 0.0385. The maximum absolute atomic E-state index is 12.5. The summed E-state index contributed by atoms with van der Waals surface area (Å²) in [5, 5.41) is 9.72. The normalized spacial score (nSPS) is 17.4. The maximum atomic E-state index is 12.5. The van der Waals surface area contributed by atoms with E-state index in [4.69, 9.17) is 0 Å². The van der Waals surface area contributed by atoms with Crippen molar-refractivity contribution < 1.29 is 9.90 Å². The van der Waals surface area contributed by atoms with Crippen molar-refractivity contribution in [3.63, 3.8) is 0 Å². The van der Waals surface area contributed by atoms with E-state index in [1.54, 1.807) is 17.3 Å². The van der Waals surface area contributed by atoms with Crippen molar-refractivity contribution in [2.24, 2.45) is 0 Å². The van der Waals surface area contributed by atoms with Crippen LogP contribution < -0.4 is 0 Å². The third kappa shape index (κ3) is 2.81. The van der Waals surface area contributed by atoms with Gasteiger partial charge in [-0.3, -0.25) is 9.78 Å². The molecule has 0 fully saturated rings. The van der Waals surface area contributed by atoms with E-state index in [0.29, 0.717) is 13.0 Å². The lowest BCUT2D eigenvalue weighted by atomic mass is 9.92. The number of rotatable bonds is 3. The van der Waals surface area contributed by atoms with Gasteiger partial charge in [0.05, 0.1) is 19.1 Å². The molecule has 4 heteroatoms. The molecule has 0 saturated carbocycles. The standard InChI is InChI=1S/C17H18N2O2/c20-12-16-15-6-2-1-5-14(15)7-9-19(16)17(21)10-13-4-3-8-18-11-13/h1-6,8,11,16,20H,7,9-10,12H2/t16-/m0/s1. The van der Waals surface area contributed by atoms with E-state index in [2.05, 4.69) is 11.1 Å². The monoisotopic (exact) mass is 282 g/mol. The average Bonchev–Trinajstić information content (AvgIpc) is 2.54. The molecule has 1 aliphatic heterocycles. The highest BCUT2D eigenvalue weighted by Crippen LogP contribution is 2.29. The Hall–Kier alpha value is -2.20. The predicted molar refractivity (Wildman–Crippen MR) is 79.6 cm³/mol. The van der Waals surface area contributed by atoms with E-state index in [0.717, 1.165) is 17.5 Å². The van der Waals surface area contributed by atoms with Crippen LogP contribution in [0.15, 0.2) is 48.8 Å². The van der Waals surface area contributed by atoms with Crippen LogP contribution in [0.2, 0.25) is 0 Å². The van der Waals surface area contributed by atoms with E-state index >= 15 is 0 Å². The van der Waals surface area contributed by atoms with Crippen molar-refractivity contribution >= 4 is 5.91 Å². The van der Waals surface area contributed by atoms with Gasteiger partial charge in [-0.15, -0.1) is 0 Å². The molecule has 3 rings (SSSR count). The fraction of sp³-hybridized carbons (Fsp3) is 0.294. The number of carbonyl (C=O) groups excluding carboxylic acids is 1. The van der Waals surface area contributed by atoms with Crippen LogP contribution in [0.5, 0.6) is 0 Å². The quantitative estimate of drug-likeness (QED) is 0.933. The van der Waals surface area contributed by atoms with E-state index in [-0.39, 0.29) is 18.6 Å². The highest BCUT2D eigenvalue weighted by atomic mass is 16.3. The number of aliphatic hydroxyl groups excluding tert-OH is 1. The molecule has 0 radical (unpaired) electrons. The minimum atomic E-state index is -0.237. The highest BCUT2D eigenvalue weighted by molar-refractivity contribution is 5.79. The summed E-state index contributed by atoms with van der Waals surface area (Å²) in [4.78, 5) is 18.4. The number of carbonyl (C=O) groups is 1. The van der Waals surface area contributed by atoms with Gasteiger partial charge in [0.25, 0.3) is 0 Å². The van der Waals surface area contributed by atoms with Gasteiger partial charge in [-0.2, -0.15) is 0 Å². The van der Waals surface area contributed by atoms with Gasteiger partial charge in [0, 0.05) is 18.9 Å². The molecule has 2 heterocycles. The number of benzene rings is 1. The predicted octanol–water partition coefficient (Wildman–Crippen LogP) is 1.74. The van der Waals surface area contributed by atoms with Gasteiger partial charge in [-0.1, -0.05) is 30.3 Å². The Labute approximate surface area is 124 Å².